The summed E-state index contributed by atoms with van der Waals surface area (Å²) in [5, 5.41) is 3.65. The number of rotatable bonds is 5. The summed E-state index contributed by atoms with van der Waals surface area (Å²) in [6.07, 6.45) is 5.02. The minimum atomic E-state index is -0.313. The van der Waals surface area contributed by atoms with Crippen molar-refractivity contribution in [2.24, 2.45) is 5.41 Å². The number of nitrogens with one attached hydrogen (secondary N) is 1. The third-order valence-corrected chi connectivity index (χ3v) is 7.37. The summed E-state index contributed by atoms with van der Waals surface area (Å²) < 4.78 is 5.39. The number of methoxy groups -OCH3 is 1. The normalized spacial score (nSPS) is 19.7. The number of nitrogens with zero attached hydrogens (tertiary/aromatic N) is 1. The van der Waals surface area contributed by atoms with Crippen molar-refractivity contribution in [1.82, 2.24) is 5.32 Å². The van der Waals surface area contributed by atoms with Gasteiger partial charge in [0.15, 0.2) is 5.78 Å². The van der Waals surface area contributed by atoms with E-state index in [9.17, 15) is 4.79 Å². The molecule has 37 heavy (non-hydrogen) atoms. The highest BCUT2D eigenvalue weighted by atomic mass is 16.5. The molecular formula is C33H34N2O2. The molecule has 3 aromatic rings. The first-order valence-corrected chi connectivity index (χ1v) is 12.7. The smallest absolute Gasteiger partial charge is 0.188 e. The molecule has 5 rings (SSSR count). The number of carbonyl (C=O) groups is 1. The summed E-state index contributed by atoms with van der Waals surface area (Å²) in [5.74, 6) is 0.761. The minimum Gasteiger partial charge on any atom is -0.497 e. The van der Waals surface area contributed by atoms with Gasteiger partial charge in [0, 0.05) is 48.2 Å². The lowest BCUT2D eigenvalue weighted by atomic mass is 9.67. The zero-order chi connectivity index (χ0) is 26.2. The first-order chi connectivity index (χ1) is 17.8. The highest BCUT2D eigenvalue weighted by Gasteiger charge is 2.42. The zero-order valence-electron chi connectivity index (χ0n) is 22.2. The van der Waals surface area contributed by atoms with Crippen LogP contribution < -0.4 is 15.0 Å². The summed E-state index contributed by atoms with van der Waals surface area (Å²) in [5.41, 5.74) is 7.78. The van der Waals surface area contributed by atoms with E-state index in [1.165, 1.54) is 0 Å². The molecule has 4 nitrogen and oxygen atoms in total. The molecule has 2 aliphatic rings. The molecule has 1 atom stereocenters. The van der Waals surface area contributed by atoms with Gasteiger partial charge >= 0.3 is 0 Å². The average molecular weight is 491 g/mol. The lowest BCUT2D eigenvalue weighted by molar-refractivity contribution is -0.113. The van der Waals surface area contributed by atoms with Gasteiger partial charge in [-0.2, -0.15) is 0 Å². The predicted molar refractivity (Wildman–Crippen MR) is 152 cm³/mol. The number of benzene rings is 3. The fraction of sp³-hybridized carbons (Fsp3) is 0.242. The van der Waals surface area contributed by atoms with Crippen molar-refractivity contribution in [2.75, 3.05) is 26.1 Å². The Bertz CT molecular complexity index is 1390. The Kier molecular flexibility index (Phi) is 6.51. The van der Waals surface area contributed by atoms with Crippen molar-refractivity contribution in [1.29, 1.82) is 0 Å². The van der Waals surface area contributed by atoms with Crippen molar-refractivity contribution in [3.63, 3.8) is 0 Å². The van der Waals surface area contributed by atoms with Crippen LogP contribution in [-0.2, 0) is 4.79 Å². The van der Waals surface area contributed by atoms with Crippen LogP contribution in [0.25, 0.3) is 11.8 Å². The van der Waals surface area contributed by atoms with Crippen LogP contribution >= 0.6 is 0 Å². The number of ketones is 1. The second-order valence-corrected chi connectivity index (χ2v) is 10.6. The maximum absolute atomic E-state index is 14.3. The van der Waals surface area contributed by atoms with Gasteiger partial charge in [0.05, 0.1) is 7.11 Å². The second kappa shape index (κ2) is 9.78. The fourth-order valence-corrected chi connectivity index (χ4v) is 5.27. The zero-order valence-corrected chi connectivity index (χ0v) is 22.2. The van der Waals surface area contributed by atoms with Crippen LogP contribution in [0, 0.1) is 5.41 Å². The monoisotopic (exact) mass is 490 g/mol. The maximum Gasteiger partial charge on any atom is 0.188 e. The molecule has 0 spiro atoms. The van der Waals surface area contributed by atoms with Crippen LogP contribution in [0.5, 0.6) is 5.75 Å². The third-order valence-electron chi connectivity index (χ3n) is 7.37. The van der Waals surface area contributed by atoms with Gasteiger partial charge < -0.3 is 15.0 Å². The van der Waals surface area contributed by atoms with E-state index in [-0.39, 0.29) is 17.1 Å². The van der Waals surface area contributed by atoms with Gasteiger partial charge in [-0.25, -0.2) is 0 Å². The van der Waals surface area contributed by atoms with Gasteiger partial charge in [-0.1, -0.05) is 68.4 Å². The van der Waals surface area contributed by atoms with Crippen LogP contribution in [0.3, 0.4) is 0 Å². The van der Waals surface area contributed by atoms with Crippen molar-refractivity contribution in [3.8, 4) is 5.75 Å². The van der Waals surface area contributed by atoms with Gasteiger partial charge in [0.1, 0.15) is 5.75 Å². The van der Waals surface area contributed by atoms with Gasteiger partial charge in [0.25, 0.3) is 0 Å². The Balaban J connectivity index is 1.60. The van der Waals surface area contributed by atoms with Crippen LogP contribution in [0.15, 0.2) is 102 Å². The van der Waals surface area contributed by atoms with E-state index in [0.717, 1.165) is 57.1 Å². The Morgan fingerprint density at radius 3 is 2.24 bits per heavy atom. The molecule has 4 heteroatoms. The molecule has 0 saturated carbocycles. The molecule has 0 aromatic heterocycles. The molecule has 1 aliphatic carbocycles. The van der Waals surface area contributed by atoms with Crippen LogP contribution in [0.4, 0.5) is 5.69 Å². The van der Waals surface area contributed by atoms with E-state index < -0.39 is 0 Å². The summed E-state index contributed by atoms with van der Waals surface area (Å²) >= 11 is 0. The van der Waals surface area contributed by atoms with Gasteiger partial charge in [-0.05, 0) is 64.9 Å². The van der Waals surface area contributed by atoms with Crippen molar-refractivity contribution in [2.45, 2.75) is 26.2 Å². The Labute approximate surface area is 220 Å². The first-order valence-electron chi connectivity index (χ1n) is 12.7. The molecule has 0 amide bonds. The van der Waals surface area contributed by atoms with Gasteiger partial charge in [0.2, 0.25) is 0 Å². The largest absolute Gasteiger partial charge is 0.497 e. The molecule has 0 bridgehead atoms. The summed E-state index contributed by atoms with van der Waals surface area (Å²) in [7, 11) is 5.73. The van der Waals surface area contributed by atoms with E-state index >= 15 is 0 Å². The van der Waals surface area contributed by atoms with E-state index in [4.69, 9.17) is 4.74 Å². The summed E-state index contributed by atoms with van der Waals surface area (Å²) in [6, 6.07) is 26.7. The molecule has 0 radical (unpaired) electrons. The average Bonchev–Trinajstić information content (AvgIpc) is 2.91. The molecule has 1 unspecified atom stereocenters. The number of allylic oxidation sites excluding steroid dienone is 4. The maximum atomic E-state index is 14.3. The molecule has 1 N–H and O–H groups in total. The Hall–Kier alpha value is -4.05. The van der Waals surface area contributed by atoms with Crippen LogP contribution in [0.1, 0.15) is 42.9 Å². The molecule has 0 fully saturated rings. The van der Waals surface area contributed by atoms with Crippen molar-refractivity contribution in [3.05, 3.63) is 118 Å². The van der Waals surface area contributed by atoms with Crippen LogP contribution in [0.2, 0.25) is 0 Å². The number of hydrogen-bond donors (Lipinski definition) is 1. The number of dihydropyridines is 1. The standard InChI is InChI=1S/C33H34N2O2/c1-33(2)21-30-31(32(36)28(33)19-22-11-15-25(16-12-22)35(3)4)27(23-13-17-26(37-5)18-14-23)20-29(34-30)24-9-7-6-8-10-24/h6-20,27,34H,21H2,1-5H3/b28-19+. The number of Topliss-reactive ketones (excluding diaryl/α,β-unsaturated/α-hetero) is 1. The van der Waals surface area contributed by atoms with Crippen molar-refractivity contribution < 1.29 is 9.53 Å². The van der Waals surface area contributed by atoms with E-state index in [0.29, 0.717) is 0 Å². The number of hydrogen-bond acceptors (Lipinski definition) is 4. The quantitative estimate of drug-likeness (QED) is 0.398. The summed E-state index contributed by atoms with van der Waals surface area (Å²) in [4.78, 5) is 16.4. The lowest BCUT2D eigenvalue weighted by Gasteiger charge is -2.40. The summed E-state index contributed by atoms with van der Waals surface area (Å²) in [6.45, 7) is 4.33. The SMILES string of the molecule is COc1ccc(C2C=C(c3ccccc3)NC3=C2C(=O)/C(=C\c2ccc(N(C)C)cc2)C(C)(C)C3)cc1. The molecular weight excluding hydrogens is 456 g/mol. The Morgan fingerprint density at radius 1 is 0.946 bits per heavy atom. The highest BCUT2D eigenvalue weighted by molar-refractivity contribution is 6.15. The molecule has 188 valence electrons. The molecule has 1 heterocycles. The second-order valence-electron chi connectivity index (χ2n) is 10.6. The highest BCUT2D eigenvalue weighted by Crippen LogP contribution is 2.48. The lowest BCUT2D eigenvalue weighted by Crippen LogP contribution is -2.37. The van der Waals surface area contributed by atoms with E-state index in [2.05, 4.69) is 84.7 Å². The van der Waals surface area contributed by atoms with Gasteiger partial charge in [-0.15, -0.1) is 0 Å². The van der Waals surface area contributed by atoms with Crippen molar-refractivity contribution >= 4 is 23.2 Å². The predicted octanol–water partition coefficient (Wildman–Crippen LogP) is 6.83. The molecule has 0 saturated heterocycles. The third kappa shape index (κ3) is 4.84. The molecule has 1 aliphatic heterocycles. The number of carbonyl (C=O) groups excluding carboxylic acids is 1. The number of anilines is 1. The first kappa shape index (κ1) is 24.6. The van der Waals surface area contributed by atoms with Gasteiger partial charge in [-0.3, -0.25) is 4.79 Å². The Morgan fingerprint density at radius 2 is 1.62 bits per heavy atom. The van der Waals surface area contributed by atoms with E-state index in [1.807, 2.05) is 44.4 Å². The van der Waals surface area contributed by atoms with Crippen LogP contribution in [-0.4, -0.2) is 27.0 Å². The minimum absolute atomic E-state index is 0.111. The molecule has 3 aromatic carbocycles. The topological polar surface area (TPSA) is 41.6 Å². The number of ether oxygens (including phenoxy) is 1. The fourth-order valence-electron chi connectivity index (χ4n) is 5.27. The van der Waals surface area contributed by atoms with E-state index in [1.54, 1.807) is 7.11 Å².